The van der Waals surface area contributed by atoms with E-state index in [0.29, 0.717) is 40.2 Å². The summed E-state index contributed by atoms with van der Waals surface area (Å²) in [7, 11) is 0. The number of aromatic amines is 3. The van der Waals surface area contributed by atoms with Crippen LogP contribution in [-0.4, -0.2) is 140 Å². The van der Waals surface area contributed by atoms with Crippen LogP contribution in [0.4, 0.5) is 0 Å². The number of rotatable bonds is 32. The molecule has 0 saturated carbocycles. The third kappa shape index (κ3) is 19.1. The van der Waals surface area contributed by atoms with Gasteiger partial charge in [0.2, 0.25) is 53.2 Å². The number of carbonyl (C=O) groups excluding carboxylic acids is 9. The van der Waals surface area contributed by atoms with E-state index in [2.05, 4.69) is 80.1 Å². The lowest BCUT2D eigenvalue weighted by molar-refractivity contribution is -0.135. The summed E-state index contributed by atoms with van der Waals surface area (Å²) in [6, 6.07) is 10.8. The molecule has 3 heterocycles. The summed E-state index contributed by atoms with van der Waals surface area (Å²) in [5, 5.41) is 23.4. The molecule has 25 nitrogen and oxygen atoms in total. The van der Waals surface area contributed by atoms with E-state index in [0.717, 1.165) is 28.2 Å². The van der Waals surface area contributed by atoms with Gasteiger partial charge in [0.05, 0.1) is 6.33 Å². The van der Waals surface area contributed by atoms with Crippen molar-refractivity contribution in [2.24, 2.45) is 22.2 Å². The van der Waals surface area contributed by atoms with Crippen LogP contribution in [0.1, 0.15) is 75.3 Å². The maximum atomic E-state index is 14.9. The lowest BCUT2D eigenvalue weighted by Gasteiger charge is -2.28. The van der Waals surface area contributed by atoms with E-state index in [9.17, 15) is 43.2 Å². The highest BCUT2D eigenvalue weighted by Gasteiger charge is 2.35. The number of para-hydroxylation sites is 2. The molecular formula is C57H73ClN16O9S. The Balaban J connectivity index is 1.26. The second kappa shape index (κ2) is 31.5. The number of halogens is 1. The van der Waals surface area contributed by atoms with Crippen molar-refractivity contribution in [1.82, 2.24) is 62.5 Å². The monoisotopic (exact) mass is 1190 g/mol. The molecule has 6 rings (SSSR count). The van der Waals surface area contributed by atoms with Gasteiger partial charge in [-0.05, 0) is 67.1 Å². The Morgan fingerprint density at radius 2 is 1.08 bits per heavy atom. The lowest BCUT2D eigenvalue weighted by Crippen LogP contribution is -2.61. The molecule has 8 atom stereocenters. The second-order valence-electron chi connectivity index (χ2n) is 20.3. The van der Waals surface area contributed by atoms with Crippen LogP contribution in [0.2, 0.25) is 5.02 Å². The van der Waals surface area contributed by atoms with E-state index in [1.54, 1.807) is 42.7 Å². The first-order chi connectivity index (χ1) is 40.2. The number of nitrogens with two attached hydrogens (primary N) is 3. The van der Waals surface area contributed by atoms with Gasteiger partial charge in [-0.15, -0.1) is 0 Å². The predicted octanol–water partition coefficient (Wildman–Crippen LogP) is 0.873. The molecule has 27 heteroatoms. The van der Waals surface area contributed by atoms with Crippen molar-refractivity contribution >= 4 is 105 Å². The number of thiol groups is 1. The van der Waals surface area contributed by atoms with E-state index in [4.69, 9.17) is 28.8 Å². The molecule has 0 aliphatic heterocycles. The zero-order chi connectivity index (χ0) is 60.9. The number of imidazole rings is 1. The molecule has 17 N–H and O–H groups in total. The fourth-order valence-corrected chi connectivity index (χ4v) is 9.80. The number of H-pyrrole nitrogens is 3. The van der Waals surface area contributed by atoms with Gasteiger partial charge >= 0.3 is 0 Å². The van der Waals surface area contributed by atoms with Crippen molar-refractivity contribution in [3.63, 3.8) is 0 Å². The second-order valence-corrected chi connectivity index (χ2v) is 21.1. The van der Waals surface area contributed by atoms with E-state index in [-0.39, 0.29) is 56.8 Å². The molecule has 0 saturated heterocycles. The highest BCUT2D eigenvalue weighted by atomic mass is 35.5. The van der Waals surface area contributed by atoms with Crippen molar-refractivity contribution in [3.05, 3.63) is 125 Å². The average Bonchev–Trinajstić information content (AvgIpc) is 4.38. The largest absolute Gasteiger partial charge is 0.370 e. The van der Waals surface area contributed by atoms with Gasteiger partial charge in [-0.1, -0.05) is 79.9 Å². The standard InChI is InChI=1S/C57H73ClN16O9S/c1-4-5-16-42(68-32(3)75)51(78)67-31(2)50(77)71-47(25-37-28-62-30-66-37)55(82)72-45(22-33-12-10-13-36(58)21-33)53(80)69-43(19-11-20-63-57(60)61)52(79)73-46(24-35-27-65-41-18-9-7-15-39(35)41)54(81)74-48(29-84)56(83)70-44(49(59)76)23-34-26-64-40-17-8-6-14-38(34)40/h6-10,12-15,17-18,21,26-28,30-31,42-48,64-65,84H,4-5,11,16,19-20,22-25,29H2,1-3H3,(H2,59,76)(H,62,66)(H,67,78)(H,68,75)(H,69,80)(H,70,83)(H,71,77)(H,72,82)(H,73,79)(H,74,81)(H4,60,61,63)/t31-,42-,43-,44-,45+,46-,47-,48-/m0/s1. The molecule has 0 radical (unpaired) electrons. The Labute approximate surface area is 495 Å². The first-order valence-corrected chi connectivity index (χ1v) is 28.4. The molecule has 9 amide bonds. The minimum atomic E-state index is -1.46. The molecule has 6 aromatic rings. The molecule has 0 aliphatic rings. The average molecular weight is 1190 g/mol. The highest BCUT2D eigenvalue weighted by molar-refractivity contribution is 7.80. The van der Waals surface area contributed by atoms with E-state index >= 15 is 0 Å². The number of unbranched alkanes of at least 4 members (excludes halogenated alkanes) is 1. The first-order valence-electron chi connectivity index (χ1n) is 27.4. The van der Waals surface area contributed by atoms with Crippen LogP contribution in [0.25, 0.3) is 21.8 Å². The maximum Gasteiger partial charge on any atom is 0.244 e. The van der Waals surface area contributed by atoms with Gasteiger partial charge in [-0.2, -0.15) is 12.6 Å². The number of nitrogens with zero attached hydrogens (tertiary/aromatic N) is 2. The number of amides is 9. The summed E-state index contributed by atoms with van der Waals surface area (Å²) in [6.45, 7) is 4.64. The van der Waals surface area contributed by atoms with Gasteiger partial charge in [0.25, 0.3) is 0 Å². The number of fused-ring (bicyclic) bond motifs is 2. The number of aromatic nitrogens is 4. The van der Waals surface area contributed by atoms with Gasteiger partial charge in [0, 0.05) is 96.0 Å². The molecular weight excluding hydrogens is 1120 g/mol. The third-order valence-electron chi connectivity index (χ3n) is 13.8. The molecule has 0 bridgehead atoms. The Kier molecular flexibility index (Phi) is 24.1. The number of hydrogen-bond donors (Lipinski definition) is 15. The van der Waals surface area contributed by atoms with Crippen LogP contribution in [0, 0.1) is 0 Å². The maximum absolute atomic E-state index is 14.9. The van der Waals surface area contributed by atoms with Crippen LogP contribution < -0.4 is 59.7 Å². The predicted molar refractivity (Wildman–Crippen MR) is 321 cm³/mol. The van der Waals surface area contributed by atoms with Crippen molar-refractivity contribution in [1.29, 1.82) is 0 Å². The Hall–Kier alpha value is -8.91. The van der Waals surface area contributed by atoms with E-state index in [1.165, 1.54) is 26.4 Å². The minimum absolute atomic E-state index is 0.0236. The fraction of sp³-hybridized carbons (Fsp3) is 0.386. The topological polar surface area (TPSA) is 401 Å². The lowest BCUT2D eigenvalue weighted by atomic mass is 10.0. The quantitative estimate of drug-likeness (QED) is 0.0121. The van der Waals surface area contributed by atoms with Crippen molar-refractivity contribution in [2.45, 2.75) is 127 Å². The minimum Gasteiger partial charge on any atom is -0.370 e. The number of primary amides is 1. The van der Waals surface area contributed by atoms with Crippen LogP contribution in [0.5, 0.6) is 0 Å². The van der Waals surface area contributed by atoms with Gasteiger partial charge < -0.3 is 74.7 Å². The summed E-state index contributed by atoms with van der Waals surface area (Å²) in [5.41, 5.74) is 20.8. The number of nitrogens with one attached hydrogen (secondary N) is 11. The van der Waals surface area contributed by atoms with Crippen molar-refractivity contribution in [3.8, 4) is 0 Å². The summed E-state index contributed by atoms with van der Waals surface area (Å²) < 4.78 is 0. The zero-order valence-electron chi connectivity index (χ0n) is 46.8. The van der Waals surface area contributed by atoms with Crippen LogP contribution in [0.15, 0.2) is 103 Å². The van der Waals surface area contributed by atoms with Crippen molar-refractivity contribution < 1.29 is 43.2 Å². The van der Waals surface area contributed by atoms with Gasteiger partial charge in [0.1, 0.15) is 48.3 Å². The molecule has 3 aromatic carbocycles. The summed E-state index contributed by atoms with van der Waals surface area (Å²) >= 11 is 10.8. The van der Waals surface area contributed by atoms with Gasteiger partial charge in [-0.25, -0.2) is 4.98 Å². The molecule has 0 aliphatic carbocycles. The Morgan fingerprint density at radius 3 is 1.64 bits per heavy atom. The molecule has 84 heavy (non-hydrogen) atoms. The third-order valence-corrected chi connectivity index (χ3v) is 14.4. The number of carbonyl (C=O) groups is 9. The highest BCUT2D eigenvalue weighted by Crippen LogP contribution is 2.22. The summed E-state index contributed by atoms with van der Waals surface area (Å²) in [5.74, 6) is -7.25. The number of guanidine groups is 1. The normalized spacial score (nSPS) is 14.0. The molecule has 0 fully saturated rings. The SMILES string of the molecule is CCCC[C@H](NC(C)=O)C(=O)N[C@@H](C)C(=O)N[C@@H](Cc1cnc[nH]1)C(=O)N[C@H](Cc1cccc(Cl)c1)C(=O)N[C@@H](CCCN=C(N)N)C(=O)N[C@@H](Cc1c[nH]c2ccccc12)C(=O)N[C@@H](CS)C(=O)N[C@@H](Cc1c[nH]c2ccccc12)C(N)=O. The van der Waals surface area contributed by atoms with Gasteiger partial charge in [0.15, 0.2) is 5.96 Å². The van der Waals surface area contributed by atoms with Gasteiger partial charge in [-0.3, -0.25) is 48.1 Å². The molecule has 0 unspecified atom stereocenters. The number of aliphatic imine (C=N–C) groups is 1. The Morgan fingerprint density at radius 1 is 0.583 bits per heavy atom. The van der Waals surface area contributed by atoms with Crippen LogP contribution in [0.3, 0.4) is 0 Å². The van der Waals surface area contributed by atoms with E-state index in [1.807, 2.05) is 49.4 Å². The van der Waals surface area contributed by atoms with Crippen LogP contribution >= 0.6 is 24.2 Å². The van der Waals surface area contributed by atoms with Crippen LogP contribution in [-0.2, 0) is 68.8 Å². The number of benzene rings is 3. The molecule has 3 aromatic heterocycles. The smallest absolute Gasteiger partial charge is 0.244 e. The summed E-state index contributed by atoms with van der Waals surface area (Å²) in [4.78, 5) is 142. The first kappa shape index (κ1) is 64.3. The van der Waals surface area contributed by atoms with Crippen molar-refractivity contribution in [2.75, 3.05) is 12.3 Å². The van der Waals surface area contributed by atoms with E-state index < -0.39 is 101 Å². The number of hydrogen-bond acceptors (Lipinski definition) is 12. The molecule has 448 valence electrons. The zero-order valence-corrected chi connectivity index (χ0v) is 48.4. The summed E-state index contributed by atoms with van der Waals surface area (Å²) in [6.07, 6.45) is 7.48. The fourth-order valence-electron chi connectivity index (χ4n) is 9.33. The Bertz CT molecular complexity index is 3290. The molecule has 0 spiro atoms.